The standard InChI is InChI=1S/C9H13NO2/c1-9(2,12)8-6(10)4-3-5-7(8)11/h3-5,11-12H,10H2,1-2H3. The van der Waals surface area contributed by atoms with Crippen LogP contribution in [0.4, 0.5) is 5.69 Å². The third-order valence-electron chi connectivity index (χ3n) is 1.69. The fraction of sp³-hybridized carbons (Fsp3) is 0.333. The van der Waals surface area contributed by atoms with E-state index in [9.17, 15) is 10.2 Å². The first-order valence-corrected chi connectivity index (χ1v) is 3.73. The van der Waals surface area contributed by atoms with Crippen molar-refractivity contribution in [3.63, 3.8) is 0 Å². The van der Waals surface area contributed by atoms with Gasteiger partial charge in [0.15, 0.2) is 0 Å². The largest absolute Gasteiger partial charge is 0.507 e. The summed E-state index contributed by atoms with van der Waals surface area (Å²) in [5, 5.41) is 19.0. The predicted molar refractivity (Wildman–Crippen MR) is 47.8 cm³/mol. The first-order chi connectivity index (χ1) is 5.43. The van der Waals surface area contributed by atoms with Crippen molar-refractivity contribution in [3.8, 4) is 5.75 Å². The van der Waals surface area contributed by atoms with E-state index in [1.807, 2.05) is 0 Å². The van der Waals surface area contributed by atoms with Crippen LogP contribution >= 0.6 is 0 Å². The third-order valence-corrected chi connectivity index (χ3v) is 1.69. The van der Waals surface area contributed by atoms with E-state index in [-0.39, 0.29) is 5.75 Å². The van der Waals surface area contributed by atoms with Crippen LogP contribution in [0.3, 0.4) is 0 Å². The summed E-state index contributed by atoms with van der Waals surface area (Å²) < 4.78 is 0. The van der Waals surface area contributed by atoms with Crippen molar-refractivity contribution >= 4 is 5.69 Å². The molecule has 0 fully saturated rings. The number of phenols is 1. The number of aromatic hydroxyl groups is 1. The van der Waals surface area contributed by atoms with Crippen molar-refractivity contribution < 1.29 is 10.2 Å². The molecule has 0 aliphatic heterocycles. The summed E-state index contributed by atoms with van der Waals surface area (Å²) in [5.74, 6) is 0.0301. The molecular weight excluding hydrogens is 154 g/mol. The van der Waals surface area contributed by atoms with Crippen molar-refractivity contribution in [3.05, 3.63) is 23.8 Å². The minimum absolute atomic E-state index is 0.0301. The lowest BCUT2D eigenvalue weighted by Gasteiger charge is -2.20. The van der Waals surface area contributed by atoms with Gasteiger partial charge in [-0.2, -0.15) is 0 Å². The Morgan fingerprint density at radius 1 is 1.33 bits per heavy atom. The number of aliphatic hydroxyl groups is 1. The summed E-state index contributed by atoms with van der Waals surface area (Å²) in [4.78, 5) is 0. The zero-order valence-electron chi connectivity index (χ0n) is 7.20. The van der Waals surface area contributed by atoms with E-state index in [1.165, 1.54) is 6.07 Å². The second-order valence-electron chi connectivity index (χ2n) is 3.30. The van der Waals surface area contributed by atoms with Gasteiger partial charge >= 0.3 is 0 Å². The van der Waals surface area contributed by atoms with Gasteiger partial charge in [-0.1, -0.05) is 6.07 Å². The van der Waals surface area contributed by atoms with Gasteiger partial charge in [0.2, 0.25) is 0 Å². The van der Waals surface area contributed by atoms with Crippen LogP contribution in [-0.4, -0.2) is 10.2 Å². The Hall–Kier alpha value is -1.22. The average molecular weight is 167 g/mol. The maximum atomic E-state index is 9.61. The van der Waals surface area contributed by atoms with Gasteiger partial charge in [-0.25, -0.2) is 0 Å². The molecule has 1 aromatic rings. The highest BCUT2D eigenvalue weighted by molar-refractivity contribution is 5.56. The lowest BCUT2D eigenvalue weighted by molar-refractivity contribution is 0.0767. The summed E-state index contributed by atoms with van der Waals surface area (Å²) in [7, 11) is 0. The fourth-order valence-electron chi connectivity index (χ4n) is 1.22. The predicted octanol–water partition coefficient (Wildman–Crippen LogP) is 1.20. The van der Waals surface area contributed by atoms with Gasteiger partial charge in [-0.3, -0.25) is 0 Å². The van der Waals surface area contributed by atoms with Gasteiger partial charge in [0.25, 0.3) is 0 Å². The number of nitrogens with two attached hydrogens (primary N) is 1. The molecule has 4 N–H and O–H groups in total. The summed E-state index contributed by atoms with van der Waals surface area (Å²) in [6.07, 6.45) is 0. The normalized spacial score (nSPS) is 11.6. The Labute approximate surface area is 71.5 Å². The molecule has 0 aromatic heterocycles. The minimum atomic E-state index is -1.10. The molecule has 0 aliphatic rings. The molecule has 0 spiro atoms. The molecule has 0 saturated carbocycles. The molecule has 0 amide bonds. The van der Waals surface area contributed by atoms with Gasteiger partial charge < -0.3 is 15.9 Å². The van der Waals surface area contributed by atoms with Crippen LogP contribution in [0.1, 0.15) is 19.4 Å². The second kappa shape index (κ2) is 2.68. The second-order valence-corrected chi connectivity index (χ2v) is 3.30. The first kappa shape index (κ1) is 8.87. The van der Waals surface area contributed by atoms with Crippen LogP contribution in [0.15, 0.2) is 18.2 Å². The number of rotatable bonds is 1. The van der Waals surface area contributed by atoms with Gasteiger partial charge in [-0.05, 0) is 26.0 Å². The van der Waals surface area contributed by atoms with Gasteiger partial charge in [-0.15, -0.1) is 0 Å². The average Bonchev–Trinajstić information content (AvgIpc) is 1.82. The molecule has 1 rings (SSSR count). The summed E-state index contributed by atoms with van der Waals surface area (Å²) in [6.45, 7) is 3.16. The van der Waals surface area contributed by atoms with Crippen molar-refractivity contribution in [2.24, 2.45) is 0 Å². The van der Waals surface area contributed by atoms with E-state index in [0.717, 1.165) is 0 Å². The number of nitrogen functional groups attached to an aromatic ring is 1. The zero-order valence-corrected chi connectivity index (χ0v) is 7.20. The molecule has 0 heterocycles. The number of phenolic OH excluding ortho intramolecular Hbond substituents is 1. The number of benzene rings is 1. The van der Waals surface area contributed by atoms with E-state index < -0.39 is 5.60 Å². The summed E-state index contributed by atoms with van der Waals surface area (Å²) in [6, 6.07) is 4.79. The Balaban J connectivity index is 3.31. The zero-order chi connectivity index (χ0) is 9.35. The molecule has 0 saturated heterocycles. The van der Waals surface area contributed by atoms with E-state index >= 15 is 0 Å². The summed E-state index contributed by atoms with van der Waals surface area (Å²) in [5.41, 5.74) is 5.27. The molecule has 12 heavy (non-hydrogen) atoms. The molecule has 66 valence electrons. The Kier molecular flexibility index (Phi) is 1.98. The number of hydrogen-bond acceptors (Lipinski definition) is 3. The fourth-order valence-corrected chi connectivity index (χ4v) is 1.22. The number of hydrogen-bond donors (Lipinski definition) is 3. The molecule has 3 nitrogen and oxygen atoms in total. The van der Waals surface area contributed by atoms with E-state index in [0.29, 0.717) is 11.3 Å². The van der Waals surface area contributed by atoms with Crippen molar-refractivity contribution in [2.45, 2.75) is 19.4 Å². The van der Waals surface area contributed by atoms with Crippen LogP contribution in [0.5, 0.6) is 5.75 Å². The van der Waals surface area contributed by atoms with Crippen LogP contribution < -0.4 is 5.73 Å². The van der Waals surface area contributed by atoms with Crippen molar-refractivity contribution in [1.29, 1.82) is 0 Å². The Morgan fingerprint density at radius 2 is 1.92 bits per heavy atom. The molecule has 0 aliphatic carbocycles. The SMILES string of the molecule is CC(C)(O)c1c(N)cccc1O. The highest BCUT2D eigenvalue weighted by Crippen LogP contribution is 2.33. The van der Waals surface area contributed by atoms with E-state index in [1.54, 1.807) is 26.0 Å². The van der Waals surface area contributed by atoms with Crippen molar-refractivity contribution in [2.75, 3.05) is 5.73 Å². The highest BCUT2D eigenvalue weighted by atomic mass is 16.3. The highest BCUT2D eigenvalue weighted by Gasteiger charge is 2.22. The van der Waals surface area contributed by atoms with Crippen LogP contribution in [-0.2, 0) is 5.60 Å². The van der Waals surface area contributed by atoms with Crippen LogP contribution in [0, 0.1) is 0 Å². The minimum Gasteiger partial charge on any atom is -0.507 e. The topological polar surface area (TPSA) is 66.5 Å². The molecule has 0 atom stereocenters. The lowest BCUT2D eigenvalue weighted by Crippen LogP contribution is -2.17. The van der Waals surface area contributed by atoms with E-state index in [4.69, 9.17) is 5.73 Å². The van der Waals surface area contributed by atoms with Crippen LogP contribution in [0.2, 0.25) is 0 Å². The smallest absolute Gasteiger partial charge is 0.123 e. The monoisotopic (exact) mass is 167 g/mol. The molecule has 0 unspecified atom stereocenters. The molecular formula is C9H13NO2. The molecule has 3 heteroatoms. The third kappa shape index (κ3) is 1.51. The van der Waals surface area contributed by atoms with Gasteiger partial charge in [0.05, 0.1) is 5.60 Å². The maximum Gasteiger partial charge on any atom is 0.123 e. The maximum absolute atomic E-state index is 9.61. The van der Waals surface area contributed by atoms with Crippen LogP contribution in [0.25, 0.3) is 0 Å². The molecule has 0 bridgehead atoms. The molecule has 1 aromatic carbocycles. The lowest BCUT2D eigenvalue weighted by atomic mass is 9.96. The van der Waals surface area contributed by atoms with E-state index in [2.05, 4.69) is 0 Å². The first-order valence-electron chi connectivity index (χ1n) is 3.73. The number of anilines is 1. The Morgan fingerprint density at radius 3 is 2.25 bits per heavy atom. The quantitative estimate of drug-likeness (QED) is 0.550. The van der Waals surface area contributed by atoms with Gasteiger partial charge in [0.1, 0.15) is 5.75 Å². The van der Waals surface area contributed by atoms with Gasteiger partial charge in [0, 0.05) is 11.3 Å². The van der Waals surface area contributed by atoms with Crippen molar-refractivity contribution in [1.82, 2.24) is 0 Å². The Bertz CT molecular complexity index is 269. The molecule has 0 radical (unpaired) electrons. The summed E-state index contributed by atoms with van der Waals surface area (Å²) >= 11 is 0.